The fraction of sp³-hybridized carbons (Fsp3) is 0.200. The van der Waals surface area contributed by atoms with Crippen molar-refractivity contribution in [3.05, 3.63) is 59.2 Å². The predicted molar refractivity (Wildman–Crippen MR) is 98.7 cm³/mol. The van der Waals surface area contributed by atoms with E-state index >= 15 is 0 Å². The van der Waals surface area contributed by atoms with Gasteiger partial charge in [0.2, 0.25) is 0 Å². The number of hydrogen-bond acceptors (Lipinski definition) is 5. The smallest absolute Gasteiger partial charge is 0.303 e. The summed E-state index contributed by atoms with van der Waals surface area (Å²) in [6.45, 7) is 2.02. The van der Waals surface area contributed by atoms with E-state index < -0.39 is 12.0 Å². The van der Waals surface area contributed by atoms with Gasteiger partial charge >= 0.3 is 5.97 Å². The Morgan fingerprint density at radius 3 is 2.50 bits per heavy atom. The van der Waals surface area contributed by atoms with Crippen LogP contribution in [-0.4, -0.2) is 28.5 Å². The second-order valence-corrected chi connectivity index (χ2v) is 5.90. The fourth-order valence-electron chi connectivity index (χ4n) is 2.21. The van der Waals surface area contributed by atoms with Crippen molar-refractivity contribution >= 4 is 24.4 Å². The van der Waals surface area contributed by atoms with Crippen molar-refractivity contribution in [3.63, 3.8) is 0 Å². The number of benzene rings is 2. The summed E-state index contributed by atoms with van der Waals surface area (Å²) >= 11 is 0. The van der Waals surface area contributed by atoms with Crippen molar-refractivity contribution in [2.75, 3.05) is 0 Å². The van der Waals surface area contributed by atoms with Gasteiger partial charge in [0.05, 0.1) is 6.04 Å². The number of phenolic OH excluding ortho intramolecular Hbond substituents is 1. The molecule has 0 bridgehead atoms. The van der Waals surface area contributed by atoms with E-state index in [0.717, 1.165) is 11.1 Å². The number of carboxylic acid groups (broad SMARTS) is 1. The van der Waals surface area contributed by atoms with Crippen LogP contribution in [0.1, 0.15) is 29.5 Å². The van der Waals surface area contributed by atoms with Crippen LogP contribution in [0.4, 0.5) is 0 Å². The zero-order valence-electron chi connectivity index (χ0n) is 14.4. The second kappa shape index (κ2) is 9.39. The van der Waals surface area contributed by atoms with Crippen molar-refractivity contribution < 1.29 is 24.6 Å². The Labute approximate surface area is 151 Å². The highest BCUT2D eigenvalue weighted by Gasteiger charge is 2.10. The van der Waals surface area contributed by atoms with Crippen LogP contribution in [-0.2, 0) is 9.59 Å². The molecule has 0 fully saturated rings. The van der Waals surface area contributed by atoms with E-state index in [0.29, 0.717) is 12.0 Å². The molecule has 0 aliphatic rings. The van der Waals surface area contributed by atoms with Crippen molar-refractivity contribution in [1.29, 1.82) is 0 Å². The van der Waals surface area contributed by atoms with Crippen LogP contribution in [0.5, 0.6) is 11.5 Å². The lowest BCUT2D eigenvalue weighted by molar-refractivity contribution is -0.137. The molecule has 2 aromatic rings. The molecule has 26 heavy (non-hydrogen) atoms. The molecule has 2 rings (SSSR count). The summed E-state index contributed by atoms with van der Waals surface area (Å²) < 4.78 is 0. The maximum Gasteiger partial charge on any atom is 0.303 e. The minimum absolute atomic E-state index is 0.0149. The van der Waals surface area contributed by atoms with Crippen LogP contribution in [0.2, 0.25) is 0 Å². The van der Waals surface area contributed by atoms with Gasteiger partial charge in [-0.1, -0.05) is 42.0 Å². The van der Waals surface area contributed by atoms with Gasteiger partial charge in [0.1, 0.15) is 12.0 Å². The molecule has 0 saturated heterocycles. The summed E-state index contributed by atoms with van der Waals surface area (Å²) in [6, 6.07) is 11.9. The zero-order chi connectivity index (χ0) is 18.9. The third-order valence-corrected chi connectivity index (χ3v) is 3.62. The first-order valence-electron chi connectivity index (χ1n) is 8.14. The Morgan fingerprint density at radius 2 is 1.85 bits per heavy atom. The molecule has 6 heteroatoms. The summed E-state index contributed by atoms with van der Waals surface area (Å²) in [6.07, 6.45) is 4.29. The molecule has 0 amide bonds. The predicted octanol–water partition coefficient (Wildman–Crippen LogP) is 3.19. The second-order valence-electron chi connectivity index (χ2n) is 5.90. The molecule has 0 radical (unpaired) electrons. The molecule has 0 aliphatic carbocycles. The first-order valence-corrected chi connectivity index (χ1v) is 8.14. The molecule has 0 unspecified atom stereocenters. The lowest BCUT2D eigenvalue weighted by atomic mass is 10.1. The number of aromatic hydroxyl groups is 1. The molecule has 0 heterocycles. The Balaban J connectivity index is 2.02. The Bertz CT molecular complexity index is 783. The Hall–Kier alpha value is -3.12. The molecule has 1 atom stereocenters. The van der Waals surface area contributed by atoms with Crippen LogP contribution in [0.25, 0.3) is 12.2 Å². The summed E-state index contributed by atoms with van der Waals surface area (Å²) in [5.41, 5.74) is 5.42. The number of carboxylic acids is 1. The molecule has 0 saturated carbocycles. The van der Waals surface area contributed by atoms with Gasteiger partial charge in [-0.05, 0) is 36.6 Å². The summed E-state index contributed by atoms with van der Waals surface area (Å²) in [7, 11) is 0. The minimum atomic E-state index is -0.987. The number of nitrogens with one attached hydrogen (secondary N) is 1. The first-order chi connectivity index (χ1) is 12.5. The van der Waals surface area contributed by atoms with E-state index in [9.17, 15) is 14.7 Å². The molecule has 0 aromatic heterocycles. The lowest BCUT2D eigenvalue weighted by Crippen LogP contribution is -2.33. The number of hydrogen-bond donors (Lipinski definition) is 3. The van der Waals surface area contributed by atoms with Crippen molar-refractivity contribution in [1.82, 2.24) is 5.48 Å². The quantitative estimate of drug-likeness (QED) is 0.363. The van der Waals surface area contributed by atoms with Gasteiger partial charge in [0, 0.05) is 12.5 Å². The number of rotatable bonds is 9. The van der Waals surface area contributed by atoms with Crippen LogP contribution in [0.3, 0.4) is 0 Å². The average Bonchev–Trinajstić information content (AvgIpc) is 2.61. The Kier molecular flexibility index (Phi) is 6.93. The normalized spacial score (nSPS) is 12.0. The van der Waals surface area contributed by atoms with Gasteiger partial charge in [-0.2, -0.15) is 0 Å². The van der Waals surface area contributed by atoms with E-state index in [2.05, 4.69) is 5.48 Å². The summed E-state index contributed by atoms with van der Waals surface area (Å²) in [5.74, 6) is -0.656. The van der Waals surface area contributed by atoms with Gasteiger partial charge in [-0.3, -0.25) is 4.79 Å². The number of aliphatic carboxylic acids is 1. The maximum atomic E-state index is 11.0. The van der Waals surface area contributed by atoms with Crippen molar-refractivity contribution in [2.45, 2.75) is 25.8 Å². The zero-order valence-corrected chi connectivity index (χ0v) is 14.4. The average molecular weight is 355 g/mol. The monoisotopic (exact) mass is 355 g/mol. The van der Waals surface area contributed by atoms with Gasteiger partial charge in [-0.25, -0.2) is 0 Å². The summed E-state index contributed by atoms with van der Waals surface area (Å²) in [5, 5.41) is 18.5. The standard InChI is InChI=1S/C20H21NO5/c1-14-2-4-15(5-3-14)6-7-16-10-18(23)12-19(11-16)26-21-17(13-22)8-9-20(24)25/h2-7,10-13,17,21,23H,8-9H2,1H3,(H,24,25)/b7-6+/t17-/m1/s1. The van der Waals surface area contributed by atoms with E-state index in [1.165, 1.54) is 11.6 Å². The Morgan fingerprint density at radius 1 is 1.15 bits per heavy atom. The fourth-order valence-corrected chi connectivity index (χ4v) is 2.21. The number of aldehydes is 1. The van der Waals surface area contributed by atoms with E-state index in [4.69, 9.17) is 9.94 Å². The SMILES string of the molecule is Cc1ccc(/C=C/c2cc(O)cc(ON[C@@H](C=O)CCC(=O)O)c2)cc1. The lowest BCUT2D eigenvalue weighted by Gasteiger charge is -2.13. The van der Waals surface area contributed by atoms with Crippen LogP contribution in [0, 0.1) is 6.92 Å². The van der Waals surface area contributed by atoms with Gasteiger partial charge < -0.3 is 19.8 Å². The van der Waals surface area contributed by atoms with Crippen molar-refractivity contribution in [2.24, 2.45) is 0 Å². The van der Waals surface area contributed by atoms with Gasteiger partial charge in [0.25, 0.3) is 0 Å². The molecular weight excluding hydrogens is 334 g/mol. The van der Waals surface area contributed by atoms with Gasteiger partial charge in [-0.15, -0.1) is 5.48 Å². The van der Waals surface area contributed by atoms with E-state index in [-0.39, 0.29) is 18.6 Å². The highest BCUT2D eigenvalue weighted by molar-refractivity contribution is 5.71. The number of carbonyl (C=O) groups excluding carboxylic acids is 1. The molecule has 0 aliphatic heterocycles. The molecule has 0 spiro atoms. The summed E-state index contributed by atoms with van der Waals surface area (Å²) in [4.78, 5) is 26.8. The number of hydroxylamine groups is 1. The van der Waals surface area contributed by atoms with Crippen LogP contribution in [0.15, 0.2) is 42.5 Å². The minimum Gasteiger partial charge on any atom is -0.508 e. The van der Waals surface area contributed by atoms with Crippen molar-refractivity contribution in [3.8, 4) is 11.5 Å². The van der Waals surface area contributed by atoms with E-state index in [1.54, 1.807) is 12.1 Å². The topological polar surface area (TPSA) is 95.9 Å². The highest BCUT2D eigenvalue weighted by Crippen LogP contribution is 2.23. The van der Waals surface area contributed by atoms with E-state index in [1.807, 2.05) is 43.3 Å². The molecule has 136 valence electrons. The number of carbonyl (C=O) groups is 2. The molecule has 6 nitrogen and oxygen atoms in total. The van der Waals surface area contributed by atoms with Gasteiger partial charge in [0.15, 0.2) is 5.75 Å². The maximum absolute atomic E-state index is 11.0. The largest absolute Gasteiger partial charge is 0.508 e. The molecule has 3 N–H and O–H groups in total. The van der Waals surface area contributed by atoms with Crippen LogP contribution >= 0.6 is 0 Å². The highest BCUT2D eigenvalue weighted by atomic mass is 16.6. The third kappa shape index (κ3) is 6.41. The third-order valence-electron chi connectivity index (χ3n) is 3.62. The van der Waals surface area contributed by atoms with Crippen LogP contribution < -0.4 is 10.3 Å². The first kappa shape index (κ1) is 19.2. The molecule has 2 aromatic carbocycles. The number of aryl methyl sites for hydroxylation is 1. The molecular formula is C20H21NO5. The number of phenols is 1.